The Bertz CT molecular complexity index is 696. The second-order valence-corrected chi connectivity index (χ2v) is 5.40. The third-order valence-electron chi connectivity index (χ3n) is 3.72. The van der Waals surface area contributed by atoms with Gasteiger partial charge in [0.05, 0.1) is 0 Å². The summed E-state index contributed by atoms with van der Waals surface area (Å²) in [6, 6.07) is 7.33. The van der Waals surface area contributed by atoms with Gasteiger partial charge in [-0.05, 0) is 31.4 Å². The van der Waals surface area contributed by atoms with Crippen molar-refractivity contribution in [3.63, 3.8) is 0 Å². The number of carbonyl (C=O) groups excluding carboxylic acids is 2. The smallest absolute Gasteiger partial charge is 0.331 e. The first-order valence-corrected chi connectivity index (χ1v) is 7.70. The average Bonchev–Trinajstić information content (AvgIpc) is 3.01. The van der Waals surface area contributed by atoms with Crippen LogP contribution in [-0.4, -0.2) is 41.5 Å². The lowest BCUT2D eigenvalue weighted by molar-refractivity contribution is -0.148. The van der Waals surface area contributed by atoms with Crippen LogP contribution in [0.5, 0.6) is 0 Å². The minimum atomic E-state index is -0.586. The fourth-order valence-electron chi connectivity index (χ4n) is 2.52. The fourth-order valence-corrected chi connectivity index (χ4v) is 2.52. The van der Waals surface area contributed by atoms with Crippen molar-refractivity contribution in [1.82, 2.24) is 9.88 Å². The number of carbonyl (C=O) groups is 2. The Kier molecular flexibility index (Phi) is 4.71. The summed E-state index contributed by atoms with van der Waals surface area (Å²) in [6.07, 6.45) is 5.83. The summed E-state index contributed by atoms with van der Waals surface area (Å²) in [5.41, 5.74) is 1.38. The van der Waals surface area contributed by atoms with Gasteiger partial charge < -0.3 is 14.1 Å². The Labute approximate surface area is 133 Å². The number of fused-ring (bicyclic) bond motifs is 1. The number of rotatable bonds is 4. The number of likely N-dealkylation sites (tertiary alicyclic amines) is 1. The molecule has 23 heavy (non-hydrogen) atoms. The highest BCUT2D eigenvalue weighted by Gasteiger charge is 2.17. The summed E-state index contributed by atoms with van der Waals surface area (Å²) in [5, 5.41) is 0. The van der Waals surface area contributed by atoms with E-state index in [2.05, 4.69) is 4.98 Å². The van der Waals surface area contributed by atoms with Crippen molar-refractivity contribution in [3.05, 3.63) is 36.2 Å². The van der Waals surface area contributed by atoms with Crippen molar-refractivity contribution in [2.45, 2.75) is 19.3 Å². The van der Waals surface area contributed by atoms with E-state index in [0.29, 0.717) is 11.5 Å². The quantitative estimate of drug-likeness (QED) is 0.640. The summed E-state index contributed by atoms with van der Waals surface area (Å²) in [7, 11) is 0. The van der Waals surface area contributed by atoms with Crippen molar-refractivity contribution in [3.8, 4) is 0 Å². The van der Waals surface area contributed by atoms with E-state index in [1.54, 1.807) is 11.0 Å². The molecule has 3 rings (SSSR count). The largest absolute Gasteiger partial charge is 0.452 e. The van der Waals surface area contributed by atoms with Gasteiger partial charge in [0.25, 0.3) is 5.91 Å². The molecule has 1 amide bonds. The Morgan fingerprint density at radius 3 is 2.78 bits per heavy atom. The normalized spacial score (nSPS) is 15.2. The van der Waals surface area contributed by atoms with Gasteiger partial charge in [-0.25, -0.2) is 9.78 Å². The van der Waals surface area contributed by atoms with Crippen LogP contribution >= 0.6 is 0 Å². The highest BCUT2D eigenvalue weighted by Crippen LogP contribution is 2.15. The van der Waals surface area contributed by atoms with Crippen LogP contribution in [0.1, 0.15) is 25.2 Å². The molecule has 2 aromatic rings. The monoisotopic (exact) mass is 314 g/mol. The van der Waals surface area contributed by atoms with Crippen molar-refractivity contribution in [2.75, 3.05) is 19.7 Å². The van der Waals surface area contributed by atoms with E-state index in [0.717, 1.165) is 37.9 Å². The predicted molar refractivity (Wildman–Crippen MR) is 84.4 cm³/mol. The second-order valence-electron chi connectivity index (χ2n) is 5.40. The summed E-state index contributed by atoms with van der Waals surface area (Å²) < 4.78 is 10.4. The number of oxazole rings is 1. The molecule has 1 aromatic carbocycles. The van der Waals surface area contributed by atoms with Crippen LogP contribution in [0.15, 0.2) is 34.8 Å². The standard InChI is InChI=1S/C17H18N2O4/c20-16(19-10-4-1-5-11-19)12-22-17(21)9-8-15-18-13-6-2-3-7-14(13)23-15/h2-3,6-9H,1,4-5,10-12H2/b9-8+. The Hall–Kier alpha value is -2.63. The van der Waals surface area contributed by atoms with Gasteiger partial charge in [0.1, 0.15) is 5.52 Å². The molecule has 2 heterocycles. The Morgan fingerprint density at radius 2 is 2.00 bits per heavy atom. The summed E-state index contributed by atoms with van der Waals surface area (Å²) >= 11 is 0. The van der Waals surface area contributed by atoms with E-state index in [4.69, 9.17) is 9.15 Å². The molecular formula is C17H18N2O4. The summed E-state index contributed by atoms with van der Waals surface area (Å²) in [4.78, 5) is 29.5. The number of esters is 1. The van der Waals surface area contributed by atoms with Crippen molar-refractivity contribution in [2.24, 2.45) is 0 Å². The number of piperidine rings is 1. The highest BCUT2D eigenvalue weighted by atomic mass is 16.5. The molecule has 1 fully saturated rings. The minimum Gasteiger partial charge on any atom is -0.452 e. The molecule has 1 saturated heterocycles. The Morgan fingerprint density at radius 1 is 1.22 bits per heavy atom. The molecule has 120 valence electrons. The first-order valence-electron chi connectivity index (χ1n) is 7.70. The van der Waals surface area contributed by atoms with Crippen molar-refractivity contribution < 1.29 is 18.7 Å². The predicted octanol–water partition coefficient (Wildman–Crippen LogP) is 2.40. The zero-order valence-electron chi connectivity index (χ0n) is 12.7. The Balaban J connectivity index is 1.51. The number of aromatic nitrogens is 1. The maximum atomic E-state index is 11.9. The molecule has 1 aliphatic heterocycles. The SMILES string of the molecule is O=C(/C=C/c1nc2ccccc2o1)OCC(=O)N1CCCCC1. The van der Waals surface area contributed by atoms with Crippen LogP contribution < -0.4 is 0 Å². The number of hydrogen-bond acceptors (Lipinski definition) is 5. The van der Waals surface area contributed by atoms with Gasteiger partial charge in [0, 0.05) is 25.2 Å². The number of nitrogens with zero attached hydrogens (tertiary/aromatic N) is 2. The number of para-hydroxylation sites is 2. The van der Waals surface area contributed by atoms with Gasteiger partial charge in [-0.2, -0.15) is 0 Å². The summed E-state index contributed by atoms with van der Waals surface area (Å²) in [5.74, 6) is -0.406. The third-order valence-corrected chi connectivity index (χ3v) is 3.72. The molecular weight excluding hydrogens is 296 g/mol. The number of hydrogen-bond donors (Lipinski definition) is 0. The van der Waals surface area contributed by atoms with Gasteiger partial charge in [-0.3, -0.25) is 4.79 Å². The number of benzene rings is 1. The lowest BCUT2D eigenvalue weighted by atomic mass is 10.1. The molecule has 0 N–H and O–H groups in total. The first-order chi connectivity index (χ1) is 11.2. The second kappa shape index (κ2) is 7.09. The van der Waals surface area contributed by atoms with Crippen molar-refractivity contribution >= 4 is 29.1 Å². The molecule has 6 nitrogen and oxygen atoms in total. The van der Waals surface area contributed by atoms with E-state index in [1.807, 2.05) is 18.2 Å². The molecule has 0 aliphatic carbocycles. The fraction of sp³-hybridized carbons (Fsp3) is 0.353. The third kappa shape index (κ3) is 3.97. The first kappa shape index (κ1) is 15.3. The van der Waals surface area contributed by atoms with Crippen molar-refractivity contribution in [1.29, 1.82) is 0 Å². The molecule has 0 spiro atoms. The van der Waals surface area contributed by atoms with E-state index < -0.39 is 5.97 Å². The lowest BCUT2D eigenvalue weighted by Gasteiger charge is -2.26. The molecule has 0 saturated carbocycles. The molecule has 0 unspecified atom stereocenters. The van der Waals surface area contributed by atoms with Crippen LogP contribution in [0.25, 0.3) is 17.2 Å². The van der Waals surface area contributed by atoms with Gasteiger partial charge in [-0.1, -0.05) is 12.1 Å². The van der Waals surface area contributed by atoms with Crippen LogP contribution in [-0.2, 0) is 14.3 Å². The van der Waals surface area contributed by atoms with E-state index in [-0.39, 0.29) is 12.5 Å². The summed E-state index contributed by atoms with van der Waals surface area (Å²) in [6.45, 7) is 1.26. The van der Waals surface area contributed by atoms with Gasteiger partial charge in [0.2, 0.25) is 5.89 Å². The number of amides is 1. The maximum absolute atomic E-state index is 11.9. The van der Waals surface area contributed by atoms with Crippen LogP contribution in [0, 0.1) is 0 Å². The average molecular weight is 314 g/mol. The topological polar surface area (TPSA) is 72.6 Å². The van der Waals surface area contributed by atoms with Crippen LogP contribution in [0.2, 0.25) is 0 Å². The molecule has 6 heteroatoms. The zero-order valence-corrected chi connectivity index (χ0v) is 12.7. The van der Waals surface area contributed by atoms with Crippen LogP contribution in [0.4, 0.5) is 0 Å². The van der Waals surface area contributed by atoms with E-state index >= 15 is 0 Å². The van der Waals surface area contributed by atoms with Gasteiger partial charge in [-0.15, -0.1) is 0 Å². The molecule has 0 atom stereocenters. The molecule has 0 bridgehead atoms. The molecule has 1 aromatic heterocycles. The zero-order chi connectivity index (χ0) is 16.1. The van der Waals surface area contributed by atoms with E-state index in [9.17, 15) is 9.59 Å². The number of ether oxygens (including phenoxy) is 1. The van der Waals surface area contributed by atoms with E-state index in [1.165, 1.54) is 12.2 Å². The maximum Gasteiger partial charge on any atom is 0.331 e. The molecule has 1 aliphatic rings. The van der Waals surface area contributed by atoms with Crippen LogP contribution in [0.3, 0.4) is 0 Å². The van der Waals surface area contributed by atoms with Gasteiger partial charge in [0.15, 0.2) is 12.2 Å². The highest BCUT2D eigenvalue weighted by molar-refractivity contribution is 5.89. The lowest BCUT2D eigenvalue weighted by Crippen LogP contribution is -2.38. The van der Waals surface area contributed by atoms with Gasteiger partial charge >= 0.3 is 5.97 Å². The molecule has 0 radical (unpaired) electrons. The minimum absolute atomic E-state index is 0.145.